The predicted octanol–water partition coefficient (Wildman–Crippen LogP) is 2.46. The Hall–Kier alpha value is -2.97. The van der Waals surface area contributed by atoms with Crippen LogP contribution in [0.5, 0.6) is 0 Å². The van der Waals surface area contributed by atoms with Crippen LogP contribution in [0.2, 0.25) is 0 Å². The van der Waals surface area contributed by atoms with Crippen molar-refractivity contribution in [2.75, 3.05) is 7.11 Å². The Labute approximate surface area is 202 Å². The molecule has 1 aromatic heterocycles. The number of aromatic nitrogens is 1. The van der Waals surface area contributed by atoms with Crippen LogP contribution >= 0.6 is 0 Å². The van der Waals surface area contributed by atoms with Crippen LogP contribution in [0, 0.1) is 16.7 Å². The summed E-state index contributed by atoms with van der Waals surface area (Å²) in [7, 11) is 1.26. The predicted molar refractivity (Wildman–Crippen MR) is 130 cm³/mol. The van der Waals surface area contributed by atoms with E-state index < -0.39 is 52.6 Å². The molecule has 1 aromatic rings. The maximum Gasteiger partial charge on any atom is 0.328 e. The number of methoxy groups -OCH3 is 1. The average Bonchev–Trinajstić information content (AvgIpc) is 2.76. The van der Waals surface area contributed by atoms with Crippen molar-refractivity contribution in [1.82, 2.24) is 20.9 Å². The molecule has 0 aliphatic heterocycles. The molecule has 0 aromatic carbocycles. The molecule has 190 valence electrons. The Morgan fingerprint density at radius 2 is 1.47 bits per heavy atom. The lowest BCUT2D eigenvalue weighted by Crippen LogP contribution is -2.62. The summed E-state index contributed by atoms with van der Waals surface area (Å²) in [5.74, 6) is -2.24. The highest BCUT2D eigenvalue weighted by Crippen LogP contribution is 2.24. The van der Waals surface area contributed by atoms with Crippen LogP contribution in [0.3, 0.4) is 0 Å². The normalized spacial score (nSPS) is 15.3. The molecule has 34 heavy (non-hydrogen) atoms. The highest BCUT2D eigenvalue weighted by Gasteiger charge is 2.40. The van der Waals surface area contributed by atoms with Crippen LogP contribution in [0.25, 0.3) is 0 Å². The summed E-state index contributed by atoms with van der Waals surface area (Å²) in [6.07, 6.45) is 2.13. The Bertz CT molecular complexity index is 858. The molecular weight excluding hydrogens is 436 g/mol. The molecule has 0 aliphatic rings. The number of carbonyl (C=O) groups excluding carboxylic acids is 4. The van der Waals surface area contributed by atoms with E-state index in [4.69, 9.17) is 4.74 Å². The Morgan fingerprint density at radius 3 is 1.91 bits per heavy atom. The van der Waals surface area contributed by atoms with E-state index in [1.165, 1.54) is 13.3 Å². The molecule has 0 radical (unpaired) electrons. The minimum absolute atomic E-state index is 0.194. The fourth-order valence-electron chi connectivity index (χ4n) is 3.29. The molecule has 3 N–H and O–H groups in total. The summed E-state index contributed by atoms with van der Waals surface area (Å²) in [6, 6.07) is 2.20. The molecule has 1 unspecified atom stereocenters. The van der Waals surface area contributed by atoms with Gasteiger partial charge in [0.25, 0.3) is 5.91 Å². The minimum Gasteiger partial charge on any atom is -0.467 e. The van der Waals surface area contributed by atoms with E-state index in [1.54, 1.807) is 18.2 Å². The van der Waals surface area contributed by atoms with Crippen molar-refractivity contribution in [3.05, 3.63) is 30.1 Å². The largest absolute Gasteiger partial charge is 0.467 e. The molecule has 0 saturated carbocycles. The maximum absolute atomic E-state index is 13.3. The maximum atomic E-state index is 13.3. The third-order valence-electron chi connectivity index (χ3n) is 5.68. The second-order valence-corrected chi connectivity index (χ2v) is 10.7. The van der Waals surface area contributed by atoms with Gasteiger partial charge < -0.3 is 20.7 Å². The van der Waals surface area contributed by atoms with E-state index in [-0.39, 0.29) is 11.6 Å². The van der Waals surface area contributed by atoms with Crippen molar-refractivity contribution in [3.8, 4) is 0 Å². The van der Waals surface area contributed by atoms with Gasteiger partial charge in [0.05, 0.1) is 7.11 Å². The summed E-state index contributed by atoms with van der Waals surface area (Å²) in [5, 5.41) is 8.30. The van der Waals surface area contributed by atoms with Crippen LogP contribution in [-0.2, 0) is 19.1 Å². The van der Waals surface area contributed by atoms with Gasteiger partial charge in [0.15, 0.2) is 0 Å². The molecular formula is C25H40N4O5. The molecule has 0 fully saturated rings. The number of ether oxygens (including phenoxy) is 1. The van der Waals surface area contributed by atoms with Crippen LogP contribution in [0.15, 0.2) is 24.4 Å². The highest BCUT2D eigenvalue weighted by atomic mass is 16.5. The number of pyridine rings is 1. The molecule has 0 aliphatic carbocycles. The number of esters is 1. The molecule has 1 rings (SSSR count). The second kappa shape index (κ2) is 11.9. The van der Waals surface area contributed by atoms with Crippen LogP contribution < -0.4 is 16.0 Å². The number of amides is 3. The van der Waals surface area contributed by atoms with E-state index in [2.05, 4.69) is 20.9 Å². The number of carbonyl (C=O) groups is 4. The van der Waals surface area contributed by atoms with Gasteiger partial charge in [-0.3, -0.25) is 19.4 Å². The molecule has 4 atom stereocenters. The zero-order valence-electron chi connectivity index (χ0n) is 21.8. The topological polar surface area (TPSA) is 126 Å². The smallest absolute Gasteiger partial charge is 0.328 e. The Balaban J connectivity index is 3.15. The number of hydrogen-bond donors (Lipinski definition) is 3. The van der Waals surface area contributed by atoms with Gasteiger partial charge in [-0.25, -0.2) is 4.79 Å². The molecule has 3 amide bonds. The lowest BCUT2D eigenvalue weighted by Gasteiger charge is -2.36. The van der Waals surface area contributed by atoms with Crippen molar-refractivity contribution in [1.29, 1.82) is 0 Å². The molecule has 1 heterocycles. The zero-order chi connectivity index (χ0) is 26.3. The first-order chi connectivity index (χ1) is 15.6. The minimum atomic E-state index is -0.965. The number of nitrogens with one attached hydrogen (secondary N) is 3. The monoisotopic (exact) mass is 476 g/mol. The van der Waals surface area contributed by atoms with Gasteiger partial charge in [-0.15, -0.1) is 0 Å². The highest BCUT2D eigenvalue weighted by molar-refractivity contribution is 5.97. The van der Waals surface area contributed by atoms with Gasteiger partial charge in [0.2, 0.25) is 11.8 Å². The number of rotatable bonds is 9. The Kier molecular flexibility index (Phi) is 10.2. The van der Waals surface area contributed by atoms with E-state index >= 15 is 0 Å². The fourth-order valence-corrected chi connectivity index (χ4v) is 3.29. The first-order valence-electron chi connectivity index (χ1n) is 11.5. The van der Waals surface area contributed by atoms with Gasteiger partial charge in [0, 0.05) is 6.20 Å². The van der Waals surface area contributed by atoms with Gasteiger partial charge in [0.1, 0.15) is 23.8 Å². The standard InChI is InChI=1S/C25H40N4O5/c1-10-15(2)17(27-20(30)16-13-11-12-14-26-16)21(31)28-18(24(3,4)5)22(32)29-19(23(33)34-9)25(6,7)8/h11-15,17-19H,10H2,1-9H3,(H,27,30)(H,28,31)(H,29,32)/t15-,17-,18?,19-/m0/s1. The average molecular weight is 477 g/mol. The lowest BCUT2D eigenvalue weighted by molar-refractivity contribution is -0.149. The van der Waals surface area contributed by atoms with Crippen LogP contribution in [-0.4, -0.2) is 53.9 Å². The molecule has 0 spiro atoms. The summed E-state index contributed by atoms with van der Waals surface area (Å²) in [6.45, 7) is 14.6. The van der Waals surface area contributed by atoms with Crippen molar-refractivity contribution in [3.63, 3.8) is 0 Å². The summed E-state index contributed by atoms with van der Waals surface area (Å²) < 4.78 is 4.86. The first-order valence-corrected chi connectivity index (χ1v) is 11.5. The van der Waals surface area contributed by atoms with Gasteiger partial charge in [-0.2, -0.15) is 0 Å². The first kappa shape index (κ1) is 29.1. The zero-order valence-corrected chi connectivity index (χ0v) is 21.8. The molecule has 9 nitrogen and oxygen atoms in total. The SMILES string of the molecule is CC[C@H](C)[C@H](NC(=O)c1ccccn1)C(=O)NC(C(=O)N[C@@H](C(=O)OC)C(C)(C)C)C(C)(C)C. The lowest BCUT2D eigenvalue weighted by atomic mass is 9.83. The van der Waals surface area contributed by atoms with Gasteiger partial charge in [-0.1, -0.05) is 67.9 Å². The second-order valence-electron chi connectivity index (χ2n) is 10.7. The summed E-state index contributed by atoms with van der Waals surface area (Å²) in [4.78, 5) is 55.6. The molecule has 0 saturated heterocycles. The quantitative estimate of drug-likeness (QED) is 0.470. The third-order valence-corrected chi connectivity index (χ3v) is 5.68. The van der Waals surface area contributed by atoms with Crippen molar-refractivity contribution in [2.45, 2.75) is 79.9 Å². The Morgan fingerprint density at radius 1 is 0.912 bits per heavy atom. The van der Waals surface area contributed by atoms with E-state index in [1.807, 2.05) is 55.4 Å². The van der Waals surface area contributed by atoms with E-state index in [0.717, 1.165) is 0 Å². The third kappa shape index (κ3) is 8.11. The van der Waals surface area contributed by atoms with Gasteiger partial charge in [-0.05, 0) is 28.9 Å². The van der Waals surface area contributed by atoms with E-state index in [9.17, 15) is 19.2 Å². The number of nitrogens with zero attached hydrogens (tertiary/aromatic N) is 1. The van der Waals surface area contributed by atoms with Crippen molar-refractivity contribution in [2.24, 2.45) is 16.7 Å². The number of hydrogen-bond acceptors (Lipinski definition) is 6. The van der Waals surface area contributed by atoms with E-state index in [0.29, 0.717) is 6.42 Å². The fraction of sp³-hybridized carbons (Fsp3) is 0.640. The van der Waals surface area contributed by atoms with Crippen LogP contribution in [0.1, 0.15) is 72.3 Å². The summed E-state index contributed by atoms with van der Waals surface area (Å²) >= 11 is 0. The molecule has 9 heteroatoms. The summed E-state index contributed by atoms with van der Waals surface area (Å²) in [5.41, 5.74) is -1.09. The van der Waals surface area contributed by atoms with Crippen molar-refractivity contribution >= 4 is 23.7 Å². The molecule has 0 bridgehead atoms. The van der Waals surface area contributed by atoms with Gasteiger partial charge >= 0.3 is 5.97 Å². The van der Waals surface area contributed by atoms with Crippen molar-refractivity contribution < 1.29 is 23.9 Å². The van der Waals surface area contributed by atoms with Crippen LogP contribution in [0.4, 0.5) is 0 Å².